The quantitative estimate of drug-likeness (QED) is 0.549. The molecule has 0 spiro atoms. The largest absolute Gasteiger partial charge is 0.364 e. The van der Waals surface area contributed by atoms with Crippen LogP contribution >= 0.6 is 0 Å². The van der Waals surface area contributed by atoms with E-state index in [1.165, 1.54) is 0 Å². The lowest BCUT2D eigenvalue weighted by Gasteiger charge is -2.07. The SMILES string of the molecule is C[C@@H]1CNc2nonc2CN1. The smallest absolute Gasteiger partial charge is 0.195 e. The lowest BCUT2D eigenvalue weighted by Crippen LogP contribution is -2.29. The normalized spacial score (nSPS) is 23.5. The molecule has 2 rings (SSSR count). The van der Waals surface area contributed by atoms with Gasteiger partial charge in [-0.15, -0.1) is 0 Å². The minimum atomic E-state index is 0.450. The average Bonchev–Trinajstić information content (AvgIpc) is 2.38. The topological polar surface area (TPSA) is 63.0 Å². The van der Waals surface area contributed by atoms with Gasteiger partial charge in [0, 0.05) is 19.1 Å². The maximum Gasteiger partial charge on any atom is 0.195 e. The summed E-state index contributed by atoms with van der Waals surface area (Å²) in [6.45, 7) is 3.70. The van der Waals surface area contributed by atoms with E-state index in [1.54, 1.807) is 0 Å². The van der Waals surface area contributed by atoms with E-state index in [4.69, 9.17) is 0 Å². The molecule has 1 aliphatic rings. The second kappa shape index (κ2) is 2.50. The van der Waals surface area contributed by atoms with Gasteiger partial charge in [-0.1, -0.05) is 5.16 Å². The first kappa shape index (κ1) is 6.60. The maximum atomic E-state index is 4.56. The van der Waals surface area contributed by atoms with Crippen molar-refractivity contribution in [1.29, 1.82) is 0 Å². The molecule has 0 radical (unpaired) electrons. The molecule has 5 nitrogen and oxygen atoms in total. The highest BCUT2D eigenvalue weighted by atomic mass is 16.6. The molecular formula is C6H10N4O. The predicted octanol–water partition coefficient (Wildman–Crippen LogP) is -0.0268. The van der Waals surface area contributed by atoms with Gasteiger partial charge in [-0.2, -0.15) is 0 Å². The third-order valence-corrected chi connectivity index (χ3v) is 1.75. The first-order chi connectivity index (χ1) is 5.36. The summed E-state index contributed by atoms with van der Waals surface area (Å²) in [4.78, 5) is 0. The van der Waals surface area contributed by atoms with Crippen LogP contribution in [0.1, 0.15) is 12.6 Å². The minimum Gasteiger partial charge on any atom is -0.364 e. The molecule has 5 heteroatoms. The lowest BCUT2D eigenvalue weighted by atomic mass is 10.3. The second-order valence-corrected chi connectivity index (χ2v) is 2.72. The van der Waals surface area contributed by atoms with Gasteiger partial charge < -0.3 is 10.6 Å². The Morgan fingerprint density at radius 3 is 3.36 bits per heavy atom. The monoisotopic (exact) mass is 154 g/mol. The Hall–Kier alpha value is -1.10. The molecule has 0 saturated heterocycles. The first-order valence-electron chi connectivity index (χ1n) is 3.65. The van der Waals surface area contributed by atoms with Crippen molar-refractivity contribution in [3.05, 3.63) is 5.69 Å². The van der Waals surface area contributed by atoms with Crippen LogP contribution in [-0.4, -0.2) is 22.9 Å². The molecule has 1 aromatic heterocycles. The van der Waals surface area contributed by atoms with Crippen molar-refractivity contribution in [2.75, 3.05) is 11.9 Å². The van der Waals surface area contributed by atoms with Gasteiger partial charge in [0.2, 0.25) is 0 Å². The minimum absolute atomic E-state index is 0.450. The van der Waals surface area contributed by atoms with Crippen LogP contribution in [0.25, 0.3) is 0 Å². The molecule has 1 atom stereocenters. The standard InChI is InChI=1S/C6H10N4O/c1-4-2-8-6-5(3-7-4)9-11-10-6/h4,7H,2-3H2,1H3,(H,8,10)/t4-/m1/s1. The lowest BCUT2D eigenvalue weighted by molar-refractivity contribution is 0.302. The van der Waals surface area contributed by atoms with Gasteiger partial charge in [0.1, 0.15) is 5.69 Å². The highest BCUT2D eigenvalue weighted by Crippen LogP contribution is 2.11. The van der Waals surface area contributed by atoms with Crippen LogP contribution in [0.3, 0.4) is 0 Å². The van der Waals surface area contributed by atoms with Crippen LogP contribution < -0.4 is 10.6 Å². The zero-order valence-corrected chi connectivity index (χ0v) is 6.29. The Balaban J connectivity index is 2.20. The molecule has 0 saturated carbocycles. The molecule has 2 heterocycles. The number of nitrogens with zero attached hydrogens (tertiary/aromatic N) is 2. The van der Waals surface area contributed by atoms with E-state index in [9.17, 15) is 0 Å². The number of anilines is 1. The molecule has 11 heavy (non-hydrogen) atoms. The van der Waals surface area contributed by atoms with Gasteiger partial charge >= 0.3 is 0 Å². The summed E-state index contributed by atoms with van der Waals surface area (Å²) < 4.78 is 4.56. The van der Waals surface area contributed by atoms with Crippen LogP contribution in [0.4, 0.5) is 5.82 Å². The summed E-state index contributed by atoms with van der Waals surface area (Å²) in [5.41, 5.74) is 0.856. The summed E-state index contributed by atoms with van der Waals surface area (Å²) in [5.74, 6) is 0.766. The summed E-state index contributed by atoms with van der Waals surface area (Å²) in [6, 6.07) is 0.450. The van der Waals surface area contributed by atoms with E-state index in [1.807, 2.05) is 0 Å². The Morgan fingerprint density at radius 1 is 1.55 bits per heavy atom. The predicted molar refractivity (Wildman–Crippen MR) is 39.1 cm³/mol. The van der Waals surface area contributed by atoms with Gasteiger partial charge in [0.15, 0.2) is 5.82 Å². The third-order valence-electron chi connectivity index (χ3n) is 1.75. The second-order valence-electron chi connectivity index (χ2n) is 2.72. The molecular weight excluding hydrogens is 144 g/mol. The molecule has 0 bridgehead atoms. The van der Waals surface area contributed by atoms with Crippen molar-refractivity contribution in [2.45, 2.75) is 19.5 Å². The fourth-order valence-electron chi connectivity index (χ4n) is 1.05. The van der Waals surface area contributed by atoms with Crippen LogP contribution in [-0.2, 0) is 6.54 Å². The van der Waals surface area contributed by atoms with Crippen molar-refractivity contribution < 1.29 is 4.63 Å². The van der Waals surface area contributed by atoms with Crippen molar-refractivity contribution in [2.24, 2.45) is 0 Å². The average molecular weight is 154 g/mol. The van der Waals surface area contributed by atoms with E-state index >= 15 is 0 Å². The van der Waals surface area contributed by atoms with Crippen molar-refractivity contribution in [1.82, 2.24) is 15.6 Å². The zero-order chi connectivity index (χ0) is 7.68. The first-order valence-corrected chi connectivity index (χ1v) is 3.65. The molecule has 0 unspecified atom stereocenters. The van der Waals surface area contributed by atoms with Crippen molar-refractivity contribution in [3.8, 4) is 0 Å². The van der Waals surface area contributed by atoms with Crippen molar-refractivity contribution >= 4 is 5.82 Å². The summed E-state index contributed by atoms with van der Waals surface area (Å²) in [5, 5.41) is 13.8. The van der Waals surface area contributed by atoms with Gasteiger partial charge in [-0.3, -0.25) is 0 Å². The third kappa shape index (κ3) is 1.19. The van der Waals surface area contributed by atoms with E-state index in [2.05, 4.69) is 32.5 Å². The van der Waals surface area contributed by atoms with Crippen LogP contribution in [0, 0.1) is 0 Å². The molecule has 2 N–H and O–H groups in total. The van der Waals surface area contributed by atoms with Gasteiger partial charge in [-0.25, -0.2) is 4.63 Å². The van der Waals surface area contributed by atoms with E-state index in [0.29, 0.717) is 6.04 Å². The molecule has 0 aromatic carbocycles. The van der Waals surface area contributed by atoms with Gasteiger partial charge in [-0.05, 0) is 12.1 Å². The Bertz CT molecular complexity index is 224. The molecule has 1 aromatic rings. The van der Waals surface area contributed by atoms with E-state index in [0.717, 1.165) is 24.6 Å². The van der Waals surface area contributed by atoms with Crippen LogP contribution in [0.5, 0.6) is 0 Å². The number of hydrogen-bond acceptors (Lipinski definition) is 5. The van der Waals surface area contributed by atoms with Gasteiger partial charge in [0.25, 0.3) is 0 Å². The molecule has 0 fully saturated rings. The highest BCUT2D eigenvalue weighted by molar-refractivity contribution is 5.38. The number of fused-ring (bicyclic) bond motifs is 1. The number of hydrogen-bond donors (Lipinski definition) is 2. The van der Waals surface area contributed by atoms with E-state index in [-0.39, 0.29) is 0 Å². The fourth-order valence-corrected chi connectivity index (χ4v) is 1.05. The van der Waals surface area contributed by atoms with E-state index < -0.39 is 0 Å². The molecule has 1 aliphatic heterocycles. The number of nitrogens with one attached hydrogen (secondary N) is 2. The fraction of sp³-hybridized carbons (Fsp3) is 0.667. The van der Waals surface area contributed by atoms with Crippen molar-refractivity contribution in [3.63, 3.8) is 0 Å². The molecule has 0 aliphatic carbocycles. The van der Waals surface area contributed by atoms with Gasteiger partial charge in [0.05, 0.1) is 0 Å². The van der Waals surface area contributed by atoms with Crippen LogP contribution in [0.2, 0.25) is 0 Å². The summed E-state index contributed by atoms with van der Waals surface area (Å²) in [7, 11) is 0. The maximum absolute atomic E-state index is 4.56. The Labute approximate surface area is 64.1 Å². The highest BCUT2D eigenvalue weighted by Gasteiger charge is 2.15. The molecule has 0 amide bonds. The number of aromatic nitrogens is 2. The van der Waals surface area contributed by atoms with Crippen LogP contribution in [0.15, 0.2) is 4.63 Å². The summed E-state index contributed by atoms with van der Waals surface area (Å²) in [6.07, 6.45) is 0. The Kier molecular flexibility index (Phi) is 1.50. The number of rotatable bonds is 0. The zero-order valence-electron chi connectivity index (χ0n) is 6.29. The molecule has 60 valence electrons. The Morgan fingerprint density at radius 2 is 2.45 bits per heavy atom. The summed E-state index contributed by atoms with van der Waals surface area (Å²) >= 11 is 0.